The Hall–Kier alpha value is -2.34. The minimum Gasteiger partial charge on any atom is -0.464 e. The number of fused-ring (bicyclic) bond motifs is 1. The molecule has 1 fully saturated rings. The van der Waals surface area contributed by atoms with E-state index in [4.69, 9.17) is 4.74 Å². The number of piperidine rings is 1. The van der Waals surface area contributed by atoms with E-state index in [1.165, 1.54) is 31.3 Å². The Labute approximate surface area is 153 Å². The highest BCUT2D eigenvalue weighted by atomic mass is 16.5. The lowest BCUT2D eigenvalue weighted by Crippen LogP contribution is -3.17. The Kier molecular flexibility index (Phi) is 5.61. The van der Waals surface area contributed by atoms with Crippen LogP contribution in [0.5, 0.6) is 0 Å². The average molecular weight is 358 g/mol. The minimum absolute atomic E-state index is 0.0630. The maximum atomic E-state index is 12.7. The molecular formula is C20H28N3O3+. The molecule has 1 unspecified atom stereocenters. The van der Waals surface area contributed by atoms with E-state index in [1.54, 1.807) is 0 Å². The molecule has 0 aliphatic carbocycles. The molecule has 26 heavy (non-hydrogen) atoms. The fourth-order valence-electron chi connectivity index (χ4n) is 3.96. The SMILES string of the molecule is CC[C@H]1CCCC[NH+]1CC(=O)Nc1c(C(=O)OC)[nH]c2cc(C)ccc12. The summed E-state index contributed by atoms with van der Waals surface area (Å²) in [5.41, 5.74) is 2.71. The van der Waals surface area contributed by atoms with Crippen LogP contribution in [0.25, 0.3) is 10.9 Å². The van der Waals surface area contributed by atoms with E-state index in [0.29, 0.717) is 24.0 Å². The van der Waals surface area contributed by atoms with Gasteiger partial charge in [-0.05, 0) is 44.2 Å². The average Bonchev–Trinajstić information content (AvgIpc) is 2.98. The summed E-state index contributed by atoms with van der Waals surface area (Å²) in [6.07, 6.45) is 4.68. The number of benzene rings is 1. The van der Waals surface area contributed by atoms with E-state index in [-0.39, 0.29) is 5.91 Å². The van der Waals surface area contributed by atoms with E-state index in [1.807, 2.05) is 25.1 Å². The maximum Gasteiger partial charge on any atom is 0.356 e. The lowest BCUT2D eigenvalue weighted by molar-refractivity contribution is -0.923. The Bertz CT molecular complexity index is 812. The first-order chi connectivity index (χ1) is 12.5. The van der Waals surface area contributed by atoms with Crippen molar-refractivity contribution in [3.63, 3.8) is 0 Å². The molecule has 1 aromatic carbocycles. The topological polar surface area (TPSA) is 75.6 Å². The second kappa shape index (κ2) is 7.91. The summed E-state index contributed by atoms with van der Waals surface area (Å²) in [4.78, 5) is 29.3. The van der Waals surface area contributed by atoms with Crippen LogP contribution in [0, 0.1) is 6.92 Å². The molecule has 0 spiro atoms. The Morgan fingerprint density at radius 3 is 2.88 bits per heavy atom. The number of anilines is 1. The number of carbonyl (C=O) groups excluding carboxylic acids is 2. The molecule has 0 saturated carbocycles. The number of nitrogens with one attached hydrogen (secondary N) is 3. The van der Waals surface area contributed by atoms with Crippen LogP contribution in [-0.4, -0.2) is 43.1 Å². The van der Waals surface area contributed by atoms with E-state index in [0.717, 1.165) is 29.4 Å². The van der Waals surface area contributed by atoms with Crippen LogP contribution in [0.15, 0.2) is 18.2 Å². The van der Waals surface area contributed by atoms with Gasteiger partial charge in [-0.15, -0.1) is 0 Å². The molecule has 2 heterocycles. The van der Waals surface area contributed by atoms with Crippen molar-refractivity contribution in [1.29, 1.82) is 0 Å². The number of esters is 1. The van der Waals surface area contributed by atoms with E-state index < -0.39 is 5.97 Å². The van der Waals surface area contributed by atoms with Gasteiger partial charge in [-0.1, -0.05) is 19.1 Å². The molecule has 140 valence electrons. The third-order valence-corrected chi connectivity index (χ3v) is 5.37. The number of aromatic amines is 1. The summed E-state index contributed by atoms with van der Waals surface area (Å²) in [6, 6.07) is 6.39. The lowest BCUT2D eigenvalue weighted by Gasteiger charge is -2.31. The summed E-state index contributed by atoms with van der Waals surface area (Å²) in [5.74, 6) is -0.544. The maximum absolute atomic E-state index is 12.7. The predicted octanol–water partition coefficient (Wildman–Crippen LogP) is 2.05. The molecular weight excluding hydrogens is 330 g/mol. The van der Waals surface area contributed by atoms with Gasteiger partial charge in [0.1, 0.15) is 5.69 Å². The van der Waals surface area contributed by atoms with E-state index in [2.05, 4.69) is 17.2 Å². The van der Waals surface area contributed by atoms with Crippen LogP contribution in [0.1, 0.15) is 48.7 Å². The van der Waals surface area contributed by atoms with Crippen LogP contribution in [0.3, 0.4) is 0 Å². The third kappa shape index (κ3) is 3.75. The van der Waals surface area contributed by atoms with Crippen LogP contribution < -0.4 is 10.2 Å². The van der Waals surface area contributed by atoms with Gasteiger partial charge in [-0.2, -0.15) is 0 Å². The molecule has 1 aliphatic rings. The van der Waals surface area contributed by atoms with Gasteiger partial charge >= 0.3 is 5.97 Å². The monoisotopic (exact) mass is 358 g/mol. The van der Waals surface area contributed by atoms with Crippen LogP contribution in [-0.2, 0) is 9.53 Å². The van der Waals surface area contributed by atoms with Crippen molar-refractivity contribution in [2.75, 3.05) is 25.5 Å². The highest BCUT2D eigenvalue weighted by molar-refractivity contribution is 6.11. The second-order valence-electron chi connectivity index (χ2n) is 7.15. The molecule has 6 nitrogen and oxygen atoms in total. The lowest BCUT2D eigenvalue weighted by atomic mass is 10.00. The van der Waals surface area contributed by atoms with Gasteiger partial charge < -0.3 is 19.9 Å². The number of hydrogen-bond donors (Lipinski definition) is 3. The third-order valence-electron chi connectivity index (χ3n) is 5.37. The van der Waals surface area contributed by atoms with Crippen molar-refractivity contribution < 1.29 is 19.2 Å². The number of aryl methyl sites for hydroxylation is 1. The summed E-state index contributed by atoms with van der Waals surface area (Å²) in [7, 11) is 1.34. The fraction of sp³-hybridized carbons (Fsp3) is 0.500. The number of hydrogen-bond acceptors (Lipinski definition) is 3. The van der Waals surface area contributed by atoms with Gasteiger partial charge in [0.15, 0.2) is 6.54 Å². The van der Waals surface area contributed by atoms with Gasteiger partial charge in [0.2, 0.25) is 0 Å². The largest absolute Gasteiger partial charge is 0.464 e. The molecule has 2 aromatic rings. The number of methoxy groups -OCH3 is 1. The zero-order valence-electron chi connectivity index (χ0n) is 15.8. The Morgan fingerprint density at radius 1 is 1.35 bits per heavy atom. The molecule has 0 bridgehead atoms. The van der Waals surface area contributed by atoms with Crippen LogP contribution >= 0.6 is 0 Å². The molecule has 0 radical (unpaired) electrons. The molecule has 1 amide bonds. The number of amides is 1. The van der Waals surface area contributed by atoms with Crippen molar-refractivity contribution in [3.05, 3.63) is 29.5 Å². The Morgan fingerprint density at radius 2 is 2.15 bits per heavy atom. The number of quaternary nitrogens is 1. The molecule has 1 aliphatic heterocycles. The first kappa shape index (κ1) is 18.5. The van der Waals surface area contributed by atoms with Crippen molar-refractivity contribution in [1.82, 2.24) is 4.98 Å². The molecule has 3 N–H and O–H groups in total. The first-order valence-corrected chi connectivity index (χ1v) is 9.38. The van der Waals surface area contributed by atoms with Crippen LogP contribution in [0.2, 0.25) is 0 Å². The zero-order valence-corrected chi connectivity index (χ0v) is 15.8. The summed E-state index contributed by atoms with van der Waals surface area (Å²) < 4.78 is 4.88. The normalized spacial score (nSPS) is 20.1. The first-order valence-electron chi connectivity index (χ1n) is 9.38. The van der Waals surface area contributed by atoms with Crippen molar-refractivity contribution in [3.8, 4) is 0 Å². The van der Waals surface area contributed by atoms with Gasteiger partial charge in [0.05, 0.1) is 25.4 Å². The minimum atomic E-state index is -0.481. The standard InChI is InChI=1S/C20H27N3O3/c1-4-14-7-5-6-10-23(14)12-17(24)22-18-15-9-8-13(2)11-16(15)21-19(18)20(25)26-3/h8-9,11,14,21H,4-7,10,12H2,1-3H3,(H,22,24)/p+1/t14-/m0/s1. The fourth-order valence-corrected chi connectivity index (χ4v) is 3.96. The quantitative estimate of drug-likeness (QED) is 0.716. The van der Waals surface area contributed by atoms with Crippen molar-refractivity contribution >= 4 is 28.5 Å². The van der Waals surface area contributed by atoms with E-state index >= 15 is 0 Å². The highest BCUT2D eigenvalue weighted by Gasteiger charge is 2.28. The number of ether oxygens (including phenoxy) is 1. The molecule has 1 saturated heterocycles. The second-order valence-corrected chi connectivity index (χ2v) is 7.15. The number of H-pyrrole nitrogens is 1. The van der Waals surface area contributed by atoms with Crippen molar-refractivity contribution in [2.24, 2.45) is 0 Å². The van der Waals surface area contributed by atoms with Crippen molar-refractivity contribution in [2.45, 2.75) is 45.6 Å². The number of rotatable bonds is 5. The summed E-state index contributed by atoms with van der Waals surface area (Å²) >= 11 is 0. The zero-order chi connectivity index (χ0) is 18.7. The summed E-state index contributed by atoms with van der Waals surface area (Å²) in [5, 5.41) is 3.79. The molecule has 3 rings (SSSR count). The number of carbonyl (C=O) groups is 2. The Balaban J connectivity index is 1.84. The smallest absolute Gasteiger partial charge is 0.356 e. The van der Waals surface area contributed by atoms with Gasteiger partial charge in [0.25, 0.3) is 5.91 Å². The van der Waals surface area contributed by atoms with Gasteiger partial charge in [-0.25, -0.2) is 4.79 Å². The van der Waals surface area contributed by atoms with E-state index in [9.17, 15) is 9.59 Å². The molecule has 6 heteroatoms. The number of likely N-dealkylation sites (tertiary alicyclic amines) is 1. The molecule has 2 atom stereocenters. The predicted molar refractivity (Wildman–Crippen MR) is 102 cm³/mol. The highest BCUT2D eigenvalue weighted by Crippen LogP contribution is 2.29. The van der Waals surface area contributed by atoms with Gasteiger partial charge in [0, 0.05) is 10.9 Å². The molecule has 1 aromatic heterocycles. The summed E-state index contributed by atoms with van der Waals surface area (Å²) in [6.45, 7) is 5.63. The van der Waals surface area contributed by atoms with Crippen LogP contribution in [0.4, 0.5) is 5.69 Å². The van der Waals surface area contributed by atoms with Gasteiger partial charge in [-0.3, -0.25) is 4.79 Å². The number of aromatic nitrogens is 1.